The van der Waals surface area contributed by atoms with Crippen LogP contribution in [0, 0.1) is 0 Å². The molecule has 1 rings (SSSR count). The molecule has 3 N–H and O–H groups in total. The van der Waals surface area contributed by atoms with Crippen LogP contribution in [0.1, 0.15) is 12.8 Å². The van der Waals surface area contributed by atoms with Gasteiger partial charge in [-0.1, -0.05) is 0 Å². The van der Waals surface area contributed by atoms with Crippen LogP contribution in [-0.4, -0.2) is 30.8 Å². The summed E-state index contributed by atoms with van der Waals surface area (Å²) in [6, 6.07) is 0.350. The van der Waals surface area contributed by atoms with E-state index in [0.717, 1.165) is 19.5 Å². The Kier molecular flexibility index (Phi) is 3.66. The van der Waals surface area contributed by atoms with E-state index in [2.05, 4.69) is 10.3 Å². The first kappa shape index (κ1) is 8.81. The summed E-state index contributed by atoms with van der Waals surface area (Å²) in [7, 11) is 0. The number of nitrogens with zero attached hydrogens (tertiary/aromatic N) is 1. The number of piperidine rings is 1. The van der Waals surface area contributed by atoms with Crippen molar-refractivity contribution in [2.75, 3.05) is 19.0 Å². The lowest BCUT2D eigenvalue weighted by Gasteiger charge is -2.19. The molecule has 0 saturated carbocycles. The van der Waals surface area contributed by atoms with Crippen molar-refractivity contribution in [2.45, 2.75) is 18.9 Å². The van der Waals surface area contributed by atoms with E-state index in [1.54, 1.807) is 0 Å². The smallest absolute Gasteiger partial charge is 0.109 e. The third kappa shape index (κ3) is 3.08. The van der Waals surface area contributed by atoms with Gasteiger partial charge in [0.2, 0.25) is 0 Å². The lowest BCUT2D eigenvalue weighted by atomic mass is 10.1. The lowest BCUT2D eigenvalue weighted by Crippen LogP contribution is -2.34. The third-order valence-corrected chi connectivity index (χ3v) is 2.03. The molecule has 1 unspecified atom stereocenters. The summed E-state index contributed by atoms with van der Waals surface area (Å²) < 4.78 is 0. The van der Waals surface area contributed by atoms with Crippen LogP contribution in [0.5, 0.6) is 0 Å². The summed E-state index contributed by atoms with van der Waals surface area (Å²) in [4.78, 5) is 4.25. The molecule has 0 aromatic heterocycles. The second-order valence-corrected chi connectivity index (χ2v) is 3.02. The number of hydrogen-bond acceptors (Lipinski definition) is 2. The minimum absolute atomic E-state index is 0.344. The fraction of sp³-hybridized carbons (Fsp3) is 0.857. The van der Waals surface area contributed by atoms with E-state index >= 15 is 0 Å². The van der Waals surface area contributed by atoms with Crippen molar-refractivity contribution >= 4 is 17.4 Å². The van der Waals surface area contributed by atoms with Crippen molar-refractivity contribution in [1.82, 2.24) is 5.32 Å². The molecule has 0 aromatic carbocycles. The zero-order valence-corrected chi connectivity index (χ0v) is 7.27. The van der Waals surface area contributed by atoms with E-state index in [9.17, 15) is 0 Å². The highest BCUT2D eigenvalue weighted by molar-refractivity contribution is 6.27. The summed E-state index contributed by atoms with van der Waals surface area (Å²) >= 11 is 5.50. The van der Waals surface area contributed by atoms with Gasteiger partial charge >= 0.3 is 0 Å². The molecule has 0 aliphatic carbocycles. The second kappa shape index (κ2) is 4.57. The minimum atomic E-state index is 0.344. The van der Waals surface area contributed by atoms with Crippen molar-refractivity contribution in [2.24, 2.45) is 10.7 Å². The van der Waals surface area contributed by atoms with Gasteiger partial charge < -0.3 is 11.1 Å². The van der Waals surface area contributed by atoms with Crippen LogP contribution in [0.4, 0.5) is 0 Å². The molecule has 1 aliphatic heterocycles. The van der Waals surface area contributed by atoms with E-state index in [1.807, 2.05) is 0 Å². The normalized spacial score (nSPS) is 27.0. The zero-order valence-electron chi connectivity index (χ0n) is 6.52. The molecule has 11 heavy (non-hydrogen) atoms. The number of rotatable bonds is 2. The lowest BCUT2D eigenvalue weighted by molar-refractivity contribution is 0.460. The number of amidine groups is 1. The molecule has 1 fully saturated rings. The predicted molar refractivity (Wildman–Crippen MR) is 48.2 cm³/mol. The Balaban J connectivity index is 2.34. The maximum absolute atomic E-state index is 5.50. The molecule has 1 heterocycles. The first-order valence-electron chi connectivity index (χ1n) is 3.91. The third-order valence-electron chi connectivity index (χ3n) is 1.76. The Labute approximate surface area is 72.0 Å². The Bertz CT molecular complexity index is 141. The Hall–Kier alpha value is -0.280. The highest BCUT2D eigenvalue weighted by Gasteiger charge is 2.10. The number of alkyl halides is 1. The SMILES string of the molecule is NC(CCl)=NC1CCCNC1. The first-order chi connectivity index (χ1) is 5.33. The molecule has 64 valence electrons. The van der Waals surface area contributed by atoms with E-state index < -0.39 is 0 Å². The number of hydrogen-bond donors (Lipinski definition) is 2. The monoisotopic (exact) mass is 175 g/mol. The summed E-state index contributed by atoms with van der Waals surface area (Å²) in [5.74, 6) is 0.900. The van der Waals surface area contributed by atoms with Crippen LogP contribution in [0.25, 0.3) is 0 Å². The predicted octanol–water partition coefficient (Wildman–Crippen LogP) is 0.334. The van der Waals surface area contributed by atoms with Gasteiger partial charge in [0.05, 0.1) is 11.9 Å². The fourth-order valence-corrected chi connectivity index (χ4v) is 1.28. The van der Waals surface area contributed by atoms with Gasteiger partial charge in [-0.05, 0) is 19.4 Å². The summed E-state index contributed by atoms with van der Waals surface area (Å²) in [6.07, 6.45) is 2.31. The van der Waals surface area contributed by atoms with Gasteiger partial charge in [-0.2, -0.15) is 0 Å². The van der Waals surface area contributed by atoms with Gasteiger partial charge in [0, 0.05) is 6.54 Å². The van der Waals surface area contributed by atoms with E-state index in [4.69, 9.17) is 17.3 Å². The van der Waals surface area contributed by atoms with Crippen molar-refractivity contribution in [3.05, 3.63) is 0 Å². The largest absolute Gasteiger partial charge is 0.386 e. The topological polar surface area (TPSA) is 50.4 Å². The second-order valence-electron chi connectivity index (χ2n) is 2.75. The minimum Gasteiger partial charge on any atom is -0.386 e. The molecule has 0 spiro atoms. The van der Waals surface area contributed by atoms with Crippen LogP contribution in [0.3, 0.4) is 0 Å². The number of nitrogens with two attached hydrogens (primary N) is 1. The maximum Gasteiger partial charge on any atom is 0.109 e. The first-order valence-corrected chi connectivity index (χ1v) is 4.45. The Morgan fingerprint density at radius 3 is 3.09 bits per heavy atom. The van der Waals surface area contributed by atoms with Crippen LogP contribution in [0.2, 0.25) is 0 Å². The van der Waals surface area contributed by atoms with Crippen molar-refractivity contribution in [3.63, 3.8) is 0 Å². The van der Waals surface area contributed by atoms with Crippen LogP contribution >= 0.6 is 11.6 Å². The molecule has 0 bridgehead atoms. The number of aliphatic imine (C=N–C) groups is 1. The molecular weight excluding hydrogens is 162 g/mol. The van der Waals surface area contributed by atoms with E-state index in [0.29, 0.717) is 17.8 Å². The molecule has 4 heteroatoms. The highest BCUT2D eigenvalue weighted by atomic mass is 35.5. The van der Waals surface area contributed by atoms with Gasteiger partial charge in [-0.3, -0.25) is 4.99 Å². The van der Waals surface area contributed by atoms with Crippen molar-refractivity contribution in [3.8, 4) is 0 Å². The van der Waals surface area contributed by atoms with E-state index in [-0.39, 0.29) is 0 Å². The Morgan fingerprint density at radius 2 is 2.55 bits per heavy atom. The quantitative estimate of drug-likeness (QED) is 0.361. The summed E-state index contributed by atoms with van der Waals surface area (Å²) in [5.41, 5.74) is 5.49. The highest BCUT2D eigenvalue weighted by Crippen LogP contribution is 2.05. The molecule has 0 radical (unpaired) electrons. The van der Waals surface area contributed by atoms with Gasteiger partial charge in [-0.25, -0.2) is 0 Å². The van der Waals surface area contributed by atoms with Crippen LogP contribution < -0.4 is 11.1 Å². The number of halogens is 1. The fourth-order valence-electron chi connectivity index (χ4n) is 1.21. The molecule has 0 amide bonds. The van der Waals surface area contributed by atoms with Gasteiger partial charge in [0.25, 0.3) is 0 Å². The average molecular weight is 176 g/mol. The number of nitrogens with one attached hydrogen (secondary N) is 1. The van der Waals surface area contributed by atoms with Crippen molar-refractivity contribution < 1.29 is 0 Å². The molecule has 1 saturated heterocycles. The standard InChI is InChI=1S/C7H14ClN3/c8-4-7(9)11-6-2-1-3-10-5-6/h6,10H,1-5H2,(H2,9,11). The van der Waals surface area contributed by atoms with Gasteiger partial charge in [0.15, 0.2) is 0 Å². The zero-order chi connectivity index (χ0) is 8.10. The summed E-state index contributed by atoms with van der Waals surface area (Å²) in [5, 5.41) is 3.26. The molecule has 1 atom stereocenters. The van der Waals surface area contributed by atoms with Gasteiger partial charge in [0.1, 0.15) is 5.84 Å². The Morgan fingerprint density at radius 1 is 1.73 bits per heavy atom. The van der Waals surface area contributed by atoms with Crippen LogP contribution in [-0.2, 0) is 0 Å². The molecular formula is C7H14ClN3. The van der Waals surface area contributed by atoms with E-state index in [1.165, 1.54) is 6.42 Å². The van der Waals surface area contributed by atoms with Crippen LogP contribution in [0.15, 0.2) is 4.99 Å². The average Bonchev–Trinajstić information content (AvgIpc) is 2.06. The van der Waals surface area contributed by atoms with Crippen molar-refractivity contribution in [1.29, 1.82) is 0 Å². The molecule has 0 aromatic rings. The van der Waals surface area contributed by atoms with Gasteiger partial charge in [-0.15, -0.1) is 11.6 Å². The molecule has 1 aliphatic rings. The summed E-state index contributed by atoms with van der Waals surface area (Å²) in [6.45, 7) is 2.05. The molecule has 3 nitrogen and oxygen atoms in total. The maximum atomic E-state index is 5.50.